The van der Waals surface area contributed by atoms with Crippen LogP contribution in [0.25, 0.3) is 22.0 Å². The number of fused-ring (bicyclic) bond motifs is 1. The molecule has 26 heavy (non-hydrogen) atoms. The van der Waals surface area contributed by atoms with Gasteiger partial charge in [-0.2, -0.15) is 5.10 Å². The van der Waals surface area contributed by atoms with Crippen LogP contribution in [0.5, 0.6) is 0 Å². The Labute approximate surface area is 150 Å². The van der Waals surface area contributed by atoms with E-state index in [1.54, 1.807) is 18.6 Å². The molecule has 0 radical (unpaired) electrons. The molecule has 0 spiro atoms. The van der Waals surface area contributed by atoms with Gasteiger partial charge in [0.25, 0.3) is 5.91 Å². The van der Waals surface area contributed by atoms with Crippen LogP contribution in [-0.4, -0.2) is 22.1 Å². The number of aromatic nitrogens is 2. The van der Waals surface area contributed by atoms with Crippen molar-refractivity contribution in [1.82, 2.24) is 15.4 Å². The van der Waals surface area contributed by atoms with Crippen molar-refractivity contribution in [3.05, 3.63) is 90.4 Å². The van der Waals surface area contributed by atoms with Crippen molar-refractivity contribution in [2.24, 2.45) is 5.10 Å². The molecule has 2 aromatic carbocycles. The number of hydrogen-bond acceptors (Lipinski definition) is 3. The van der Waals surface area contributed by atoms with Crippen LogP contribution in [0, 0.1) is 0 Å². The first-order valence-electron chi connectivity index (χ1n) is 8.22. The summed E-state index contributed by atoms with van der Waals surface area (Å²) in [4.78, 5) is 20.0. The van der Waals surface area contributed by atoms with Crippen LogP contribution in [0.2, 0.25) is 0 Å². The predicted molar refractivity (Wildman–Crippen MR) is 103 cm³/mol. The lowest BCUT2D eigenvalue weighted by Crippen LogP contribution is -2.18. The summed E-state index contributed by atoms with van der Waals surface area (Å²) in [6.07, 6.45) is 4.93. The number of rotatable bonds is 4. The molecule has 0 saturated heterocycles. The number of para-hydroxylation sites is 1. The molecule has 2 aromatic heterocycles. The molecular formula is C21H16N4O. The van der Waals surface area contributed by atoms with Gasteiger partial charge in [0.2, 0.25) is 0 Å². The number of aromatic amines is 1. The number of amides is 1. The van der Waals surface area contributed by atoms with E-state index in [0.29, 0.717) is 5.69 Å². The molecule has 0 unspecified atom stereocenters. The van der Waals surface area contributed by atoms with Gasteiger partial charge in [0.1, 0.15) is 5.69 Å². The highest BCUT2D eigenvalue weighted by Gasteiger charge is 2.18. The minimum absolute atomic E-state index is 0.291. The van der Waals surface area contributed by atoms with Crippen molar-refractivity contribution in [2.75, 3.05) is 0 Å². The summed E-state index contributed by atoms with van der Waals surface area (Å²) in [6, 6.07) is 21.4. The van der Waals surface area contributed by atoms with Gasteiger partial charge in [0.05, 0.1) is 6.21 Å². The highest BCUT2D eigenvalue weighted by atomic mass is 16.2. The largest absolute Gasteiger partial charge is 0.350 e. The average molecular weight is 340 g/mol. The Balaban J connectivity index is 1.69. The minimum atomic E-state index is -0.291. The molecule has 2 heterocycles. The van der Waals surface area contributed by atoms with E-state index in [9.17, 15) is 4.79 Å². The second-order valence-electron chi connectivity index (χ2n) is 5.77. The van der Waals surface area contributed by atoms with Gasteiger partial charge in [-0.1, -0.05) is 54.6 Å². The number of benzene rings is 2. The van der Waals surface area contributed by atoms with Gasteiger partial charge in [-0.15, -0.1) is 0 Å². The third-order valence-corrected chi connectivity index (χ3v) is 4.06. The number of nitrogens with zero attached hydrogens (tertiary/aromatic N) is 2. The molecule has 0 saturated carbocycles. The van der Waals surface area contributed by atoms with Gasteiger partial charge in [-0.3, -0.25) is 9.78 Å². The molecule has 2 N–H and O–H groups in total. The molecule has 0 aliphatic rings. The molecule has 0 bridgehead atoms. The topological polar surface area (TPSA) is 70.1 Å². The van der Waals surface area contributed by atoms with E-state index in [1.807, 2.05) is 66.7 Å². The van der Waals surface area contributed by atoms with E-state index in [0.717, 1.165) is 27.6 Å². The summed E-state index contributed by atoms with van der Waals surface area (Å²) in [7, 11) is 0. The lowest BCUT2D eigenvalue weighted by Gasteiger charge is -2.04. The van der Waals surface area contributed by atoms with Crippen LogP contribution in [0.3, 0.4) is 0 Å². The Morgan fingerprint density at radius 3 is 2.62 bits per heavy atom. The summed E-state index contributed by atoms with van der Waals surface area (Å²) >= 11 is 0. The molecule has 5 nitrogen and oxygen atoms in total. The fraction of sp³-hybridized carbons (Fsp3) is 0. The molecular weight excluding hydrogens is 324 g/mol. The van der Waals surface area contributed by atoms with Crippen LogP contribution < -0.4 is 5.43 Å². The van der Waals surface area contributed by atoms with Crippen LogP contribution in [0.15, 0.2) is 84.2 Å². The zero-order chi connectivity index (χ0) is 17.8. The van der Waals surface area contributed by atoms with Crippen molar-refractivity contribution >= 4 is 23.0 Å². The van der Waals surface area contributed by atoms with E-state index in [2.05, 4.69) is 20.5 Å². The van der Waals surface area contributed by atoms with Crippen molar-refractivity contribution in [3.8, 4) is 11.1 Å². The van der Waals surface area contributed by atoms with E-state index in [1.165, 1.54) is 0 Å². The molecule has 1 amide bonds. The van der Waals surface area contributed by atoms with E-state index < -0.39 is 0 Å². The highest BCUT2D eigenvalue weighted by molar-refractivity contribution is 6.09. The lowest BCUT2D eigenvalue weighted by atomic mass is 10.0. The van der Waals surface area contributed by atoms with Gasteiger partial charge in [-0.25, -0.2) is 5.43 Å². The van der Waals surface area contributed by atoms with Gasteiger partial charge in [-0.05, 0) is 17.7 Å². The molecule has 4 aromatic rings. The van der Waals surface area contributed by atoms with E-state index >= 15 is 0 Å². The number of carbonyl (C=O) groups excluding carboxylic acids is 1. The van der Waals surface area contributed by atoms with E-state index in [-0.39, 0.29) is 5.91 Å². The smallest absolute Gasteiger partial charge is 0.288 e. The molecule has 4 rings (SSSR count). The fourth-order valence-corrected chi connectivity index (χ4v) is 2.89. The van der Waals surface area contributed by atoms with Gasteiger partial charge < -0.3 is 4.98 Å². The van der Waals surface area contributed by atoms with Crippen molar-refractivity contribution in [3.63, 3.8) is 0 Å². The second-order valence-corrected chi connectivity index (χ2v) is 5.77. The fourth-order valence-electron chi connectivity index (χ4n) is 2.89. The van der Waals surface area contributed by atoms with Crippen molar-refractivity contribution in [1.29, 1.82) is 0 Å². The lowest BCUT2D eigenvalue weighted by molar-refractivity contribution is 0.0951. The monoisotopic (exact) mass is 340 g/mol. The average Bonchev–Trinajstić information content (AvgIpc) is 3.09. The molecule has 126 valence electrons. The number of H-pyrrole nitrogens is 1. The summed E-state index contributed by atoms with van der Waals surface area (Å²) in [6.45, 7) is 0. The first kappa shape index (κ1) is 15.8. The Bertz CT molecular complexity index is 1070. The van der Waals surface area contributed by atoms with E-state index in [4.69, 9.17) is 0 Å². The standard InChI is InChI=1S/C21H16N4O/c26-21(25-23-14-15-7-6-12-22-13-15)20-19(16-8-2-1-3-9-16)17-10-4-5-11-18(17)24-20/h1-14,24H,(H,25,26)/b23-14+. The molecule has 0 aliphatic carbocycles. The third kappa shape index (κ3) is 3.10. The Morgan fingerprint density at radius 2 is 1.81 bits per heavy atom. The minimum Gasteiger partial charge on any atom is -0.350 e. The first-order valence-corrected chi connectivity index (χ1v) is 8.22. The maximum atomic E-state index is 12.7. The number of hydrogen-bond donors (Lipinski definition) is 2. The number of nitrogens with one attached hydrogen (secondary N) is 2. The molecule has 0 fully saturated rings. The second kappa shape index (κ2) is 7.03. The normalized spacial score (nSPS) is 11.1. The number of hydrazone groups is 1. The SMILES string of the molecule is O=C(N/N=C/c1cccnc1)c1[nH]c2ccccc2c1-c1ccccc1. The molecule has 0 atom stereocenters. The maximum Gasteiger partial charge on any atom is 0.288 e. The van der Waals surface area contributed by atoms with Crippen LogP contribution in [0.4, 0.5) is 0 Å². The van der Waals surface area contributed by atoms with Crippen molar-refractivity contribution < 1.29 is 4.79 Å². The first-order chi connectivity index (χ1) is 12.8. The molecule has 0 aliphatic heterocycles. The predicted octanol–water partition coefficient (Wildman–Crippen LogP) is 3.99. The zero-order valence-electron chi connectivity index (χ0n) is 13.9. The Morgan fingerprint density at radius 1 is 1.00 bits per heavy atom. The van der Waals surface area contributed by atoms with Crippen LogP contribution in [-0.2, 0) is 0 Å². The van der Waals surface area contributed by atoms with Crippen molar-refractivity contribution in [2.45, 2.75) is 0 Å². The summed E-state index contributed by atoms with van der Waals surface area (Å²) in [5.41, 5.74) is 6.65. The summed E-state index contributed by atoms with van der Waals surface area (Å²) in [5.74, 6) is -0.291. The summed E-state index contributed by atoms with van der Waals surface area (Å²) < 4.78 is 0. The van der Waals surface area contributed by atoms with Crippen LogP contribution in [0.1, 0.15) is 16.1 Å². The Hall–Kier alpha value is -3.73. The summed E-state index contributed by atoms with van der Waals surface area (Å²) in [5, 5.41) is 5.04. The third-order valence-electron chi connectivity index (χ3n) is 4.06. The maximum absolute atomic E-state index is 12.7. The van der Waals surface area contributed by atoms with Gasteiger partial charge in [0, 0.05) is 34.4 Å². The molecule has 5 heteroatoms. The number of carbonyl (C=O) groups is 1. The van der Waals surface area contributed by atoms with Crippen LogP contribution >= 0.6 is 0 Å². The quantitative estimate of drug-likeness (QED) is 0.435. The Kier molecular flexibility index (Phi) is 4.26. The highest BCUT2D eigenvalue weighted by Crippen LogP contribution is 2.32. The number of pyridine rings is 1. The zero-order valence-corrected chi connectivity index (χ0v) is 13.9. The van der Waals surface area contributed by atoms with Gasteiger partial charge >= 0.3 is 0 Å². The van der Waals surface area contributed by atoms with Gasteiger partial charge in [0.15, 0.2) is 0 Å².